The normalized spacial score (nSPS) is 9.69. The third kappa shape index (κ3) is 19.8. The molecule has 0 aliphatic rings. The van der Waals surface area contributed by atoms with Gasteiger partial charge in [0.2, 0.25) is 0 Å². The van der Waals surface area contributed by atoms with Crippen molar-refractivity contribution >= 4 is 83.7 Å². The number of esters is 1. The number of ether oxygens (including phenoxy) is 1. The molecule has 2 aromatic carbocycles. The van der Waals surface area contributed by atoms with E-state index in [0.29, 0.717) is 22.5 Å². The molecule has 0 saturated carbocycles. The maximum absolute atomic E-state index is 12.7. The maximum Gasteiger partial charge on any atom is 0.339 e. The monoisotopic (exact) mass is 1080 g/mol. The topological polar surface area (TPSA) is 169 Å². The number of aromatic carboxylic acids is 1. The number of aromatic nitrogens is 5. The second kappa shape index (κ2) is 29.3. The molecule has 5 aromatic heterocycles. The summed E-state index contributed by atoms with van der Waals surface area (Å²) in [5.74, 6) is -1.37. The Morgan fingerprint density at radius 2 is 0.952 bits per heavy atom. The molecule has 0 radical (unpaired) electrons. The fourth-order valence-corrected chi connectivity index (χ4v) is 5.83. The number of nitrogens with zero attached hydrogens (tertiary/aromatic N) is 5. The molecule has 0 unspecified atom stereocenters. The van der Waals surface area contributed by atoms with Gasteiger partial charge in [-0.3, -0.25) is 24.9 Å². The first-order valence-electron chi connectivity index (χ1n) is 17.7. The second-order valence-electron chi connectivity index (χ2n) is 11.9. The van der Waals surface area contributed by atoms with E-state index in [1.165, 1.54) is 48.9 Å². The van der Waals surface area contributed by atoms with Crippen LogP contribution in [0.1, 0.15) is 44.3 Å². The van der Waals surface area contributed by atoms with Crippen molar-refractivity contribution in [2.75, 3.05) is 6.61 Å². The number of carboxylic acids is 1. The Morgan fingerprint density at radius 1 is 0.565 bits per heavy atom. The predicted molar refractivity (Wildman–Crippen MR) is 247 cm³/mol. The van der Waals surface area contributed by atoms with Crippen molar-refractivity contribution in [3.8, 4) is 22.3 Å². The molecular formula is C44H38Br3Cl2F2N5O6. The molecule has 0 amide bonds. The number of aliphatic hydroxyl groups excluding tert-OH is 2. The quantitative estimate of drug-likeness (QED) is 0.0978. The van der Waals surface area contributed by atoms with Crippen molar-refractivity contribution in [1.82, 2.24) is 24.9 Å². The van der Waals surface area contributed by atoms with Gasteiger partial charge in [-0.05, 0) is 137 Å². The lowest BCUT2D eigenvalue weighted by molar-refractivity contribution is 0.0525. The van der Waals surface area contributed by atoms with Gasteiger partial charge >= 0.3 is 11.9 Å². The van der Waals surface area contributed by atoms with Crippen LogP contribution in [0, 0.1) is 11.6 Å². The number of alkyl halides is 1. The summed E-state index contributed by atoms with van der Waals surface area (Å²) in [6.45, 7) is 2.16. The van der Waals surface area contributed by atoms with E-state index in [4.69, 9.17) is 31.7 Å². The molecule has 0 atom stereocenters. The van der Waals surface area contributed by atoms with Crippen LogP contribution in [0.4, 0.5) is 8.78 Å². The summed E-state index contributed by atoms with van der Waals surface area (Å²) in [6.07, 6.45) is 16.0. The molecule has 3 N–H and O–H groups in total. The molecule has 62 heavy (non-hydrogen) atoms. The smallest absolute Gasteiger partial charge is 0.339 e. The van der Waals surface area contributed by atoms with Crippen molar-refractivity contribution in [2.24, 2.45) is 0 Å². The van der Waals surface area contributed by atoms with Crippen molar-refractivity contribution in [2.45, 2.75) is 26.0 Å². The van der Waals surface area contributed by atoms with Gasteiger partial charge in [-0.1, -0.05) is 24.3 Å². The zero-order valence-electron chi connectivity index (χ0n) is 32.6. The van der Waals surface area contributed by atoms with Gasteiger partial charge in [0, 0.05) is 92.4 Å². The lowest BCUT2D eigenvalue weighted by Crippen LogP contribution is -2.04. The number of aliphatic hydroxyl groups is 2. The summed E-state index contributed by atoms with van der Waals surface area (Å²) >= 11 is 15.3. The molecule has 5 heterocycles. The van der Waals surface area contributed by atoms with Gasteiger partial charge in [-0.15, -0.1) is 24.0 Å². The molecule has 324 valence electrons. The van der Waals surface area contributed by atoms with Gasteiger partial charge < -0.3 is 20.1 Å². The summed E-state index contributed by atoms with van der Waals surface area (Å²) in [4.78, 5) is 40.8. The zero-order chi connectivity index (χ0) is 44.6. The standard InChI is InChI=1S/C12H9ClFN.C12H10FNO.C8H8BrNO2.C6H4BrNO2.C6H6BrNO.ClH/c13-6-9-5-11(8-15-7-9)10-1-3-12(14)4-2-10;13-12-3-1-10(2-4-12)11-5-9(8-15)6-14-7-11;1-2-12-8(11)6-3-7(9)5-10-4-6;7-5-1-4(6(9)10)2-8-3-5;7-6-1-5(4-9)2-8-3-6;/h1-5,7-8H,6H2;1-7,15H,8H2;3-5H,2H2,1H3;1-3H,(H,9,10);1-3,9H,4H2;1H. The number of carbonyl (C=O) groups is 2. The second-order valence-corrected chi connectivity index (χ2v) is 15.0. The first kappa shape index (κ1) is 53.1. The summed E-state index contributed by atoms with van der Waals surface area (Å²) in [7, 11) is 0. The lowest BCUT2D eigenvalue weighted by Gasteiger charge is -2.02. The summed E-state index contributed by atoms with van der Waals surface area (Å²) in [5.41, 5.74) is 6.84. The van der Waals surface area contributed by atoms with Crippen LogP contribution in [-0.2, 0) is 23.8 Å². The molecule has 18 heteroatoms. The highest BCUT2D eigenvalue weighted by atomic mass is 79.9. The van der Waals surface area contributed by atoms with E-state index < -0.39 is 5.97 Å². The Hall–Kier alpha value is -5.07. The average molecular weight is 1080 g/mol. The maximum atomic E-state index is 12.7. The first-order valence-corrected chi connectivity index (χ1v) is 20.6. The van der Waals surface area contributed by atoms with E-state index in [1.54, 1.807) is 80.6 Å². The van der Waals surface area contributed by atoms with Crippen LogP contribution in [0.3, 0.4) is 0 Å². The number of pyridine rings is 5. The molecule has 0 bridgehead atoms. The zero-order valence-corrected chi connectivity index (χ0v) is 38.9. The molecule has 0 saturated heterocycles. The highest BCUT2D eigenvalue weighted by molar-refractivity contribution is 9.11. The Labute approximate surface area is 393 Å². The SMILES string of the molecule is CCOC(=O)c1cncc(Br)c1.Cl.Fc1ccc(-c2cncc(CCl)c2)cc1.O=C(O)c1cncc(Br)c1.OCc1cncc(-c2ccc(F)cc2)c1.OCc1cncc(Br)c1. The number of halogens is 7. The Kier molecular flexibility index (Phi) is 25.1. The minimum atomic E-state index is -0.964. The van der Waals surface area contributed by atoms with Crippen molar-refractivity contribution in [1.29, 1.82) is 0 Å². The number of carboxylic acid groups (broad SMARTS) is 1. The summed E-state index contributed by atoms with van der Waals surface area (Å²) in [6, 6.07) is 21.3. The fraction of sp³-hybridized carbons (Fsp3) is 0.114. The van der Waals surface area contributed by atoms with E-state index in [0.717, 1.165) is 47.9 Å². The molecule has 0 aliphatic carbocycles. The number of hydrogen-bond donors (Lipinski definition) is 3. The number of rotatable bonds is 8. The van der Waals surface area contributed by atoms with Crippen LogP contribution in [0.25, 0.3) is 22.3 Å². The molecule has 0 aliphatic heterocycles. The number of hydrogen-bond acceptors (Lipinski definition) is 10. The van der Waals surface area contributed by atoms with Gasteiger partial charge in [0.25, 0.3) is 0 Å². The molecule has 7 rings (SSSR count). The van der Waals surface area contributed by atoms with Crippen LogP contribution < -0.4 is 0 Å². The minimum absolute atomic E-state index is 0. The number of benzene rings is 2. The van der Waals surface area contributed by atoms with Crippen LogP contribution in [0.5, 0.6) is 0 Å². The van der Waals surface area contributed by atoms with Gasteiger partial charge in [0.15, 0.2) is 0 Å². The third-order valence-corrected chi connectivity index (χ3v) is 9.00. The van der Waals surface area contributed by atoms with Crippen LogP contribution >= 0.6 is 71.8 Å². The van der Waals surface area contributed by atoms with Gasteiger partial charge in [0.1, 0.15) is 11.6 Å². The van der Waals surface area contributed by atoms with Crippen molar-refractivity contribution < 1.29 is 38.4 Å². The molecular weight excluding hydrogens is 1040 g/mol. The Balaban J connectivity index is 0.000000269. The largest absolute Gasteiger partial charge is 0.478 e. The van der Waals surface area contributed by atoms with E-state index in [2.05, 4.69) is 72.7 Å². The van der Waals surface area contributed by atoms with E-state index in [1.807, 2.05) is 18.2 Å². The Bertz CT molecular complexity index is 2350. The molecule has 7 aromatic rings. The highest BCUT2D eigenvalue weighted by Gasteiger charge is 2.06. The molecule has 0 spiro atoms. The van der Waals surface area contributed by atoms with E-state index in [-0.39, 0.29) is 48.8 Å². The van der Waals surface area contributed by atoms with Gasteiger partial charge in [0.05, 0.1) is 30.9 Å². The first-order chi connectivity index (χ1) is 29.3. The molecule has 11 nitrogen and oxygen atoms in total. The van der Waals surface area contributed by atoms with E-state index >= 15 is 0 Å². The lowest BCUT2D eigenvalue weighted by atomic mass is 10.1. The van der Waals surface area contributed by atoms with Crippen LogP contribution in [-0.4, -0.2) is 58.8 Å². The average Bonchev–Trinajstić information content (AvgIpc) is 3.28. The highest BCUT2D eigenvalue weighted by Crippen LogP contribution is 2.21. The van der Waals surface area contributed by atoms with Gasteiger partial charge in [-0.25, -0.2) is 18.4 Å². The predicted octanol–water partition coefficient (Wildman–Crippen LogP) is 11.3. The van der Waals surface area contributed by atoms with Gasteiger partial charge in [-0.2, -0.15) is 0 Å². The number of carbonyl (C=O) groups excluding carboxylic acids is 1. The van der Waals surface area contributed by atoms with Crippen molar-refractivity contribution in [3.63, 3.8) is 0 Å². The van der Waals surface area contributed by atoms with Crippen LogP contribution in [0.2, 0.25) is 0 Å². The molecule has 0 fully saturated rings. The third-order valence-electron chi connectivity index (χ3n) is 7.39. The van der Waals surface area contributed by atoms with Crippen LogP contribution in [0.15, 0.2) is 154 Å². The van der Waals surface area contributed by atoms with E-state index in [9.17, 15) is 18.4 Å². The minimum Gasteiger partial charge on any atom is -0.478 e. The Morgan fingerprint density at radius 3 is 1.34 bits per heavy atom. The fourth-order valence-electron chi connectivity index (χ4n) is 4.54. The summed E-state index contributed by atoms with van der Waals surface area (Å²) in [5, 5.41) is 26.0. The van der Waals surface area contributed by atoms with Crippen molar-refractivity contribution in [3.05, 3.63) is 194 Å². The summed E-state index contributed by atoms with van der Waals surface area (Å²) < 4.78 is 32.5.